The third kappa shape index (κ3) is 2.86. The molecule has 6 heteroatoms. The van der Waals surface area contributed by atoms with E-state index in [1.54, 1.807) is 18.9 Å². The van der Waals surface area contributed by atoms with E-state index in [1.165, 1.54) is 0 Å². The number of aryl methyl sites for hydroxylation is 1. The van der Waals surface area contributed by atoms with Gasteiger partial charge in [-0.3, -0.25) is 4.79 Å². The Balaban J connectivity index is 1.75. The van der Waals surface area contributed by atoms with Gasteiger partial charge in [-0.1, -0.05) is 12.1 Å². The van der Waals surface area contributed by atoms with Gasteiger partial charge in [0.25, 0.3) is 0 Å². The highest BCUT2D eigenvalue weighted by Gasteiger charge is 2.45. The van der Waals surface area contributed by atoms with Crippen molar-refractivity contribution in [2.24, 2.45) is 0 Å². The fourth-order valence-corrected chi connectivity index (χ4v) is 3.58. The summed E-state index contributed by atoms with van der Waals surface area (Å²) >= 11 is 0. The quantitative estimate of drug-likeness (QED) is 0.903. The van der Waals surface area contributed by atoms with E-state index in [9.17, 15) is 9.59 Å². The minimum Gasteiger partial charge on any atom is -0.380 e. The highest BCUT2D eigenvalue weighted by Crippen LogP contribution is 2.28. The average molecular weight is 331 g/mol. The summed E-state index contributed by atoms with van der Waals surface area (Å²) in [4.78, 5) is 28.8. The first kappa shape index (κ1) is 16.8. The summed E-state index contributed by atoms with van der Waals surface area (Å²) in [6, 6.07) is 5.19. The van der Waals surface area contributed by atoms with E-state index in [2.05, 4.69) is 5.32 Å². The molecular formula is C18H25N3O3. The molecule has 2 heterocycles. The van der Waals surface area contributed by atoms with E-state index in [-0.39, 0.29) is 24.1 Å². The first-order chi connectivity index (χ1) is 11.4. The van der Waals surface area contributed by atoms with Crippen LogP contribution in [0, 0.1) is 13.8 Å². The number of nitrogens with one attached hydrogen (secondary N) is 1. The summed E-state index contributed by atoms with van der Waals surface area (Å²) in [5.74, 6) is 0.00177. The Labute approximate surface area is 142 Å². The molecule has 0 unspecified atom stereocenters. The van der Waals surface area contributed by atoms with Gasteiger partial charge in [-0.25, -0.2) is 4.79 Å². The van der Waals surface area contributed by atoms with Crippen molar-refractivity contribution in [3.8, 4) is 0 Å². The zero-order valence-electron chi connectivity index (χ0n) is 14.7. The minimum atomic E-state index is -0.457. The van der Waals surface area contributed by atoms with Crippen LogP contribution < -0.4 is 5.32 Å². The zero-order chi connectivity index (χ0) is 17.4. The number of anilines is 1. The molecule has 0 aromatic heterocycles. The van der Waals surface area contributed by atoms with Gasteiger partial charge in [-0.15, -0.1) is 0 Å². The Morgan fingerprint density at radius 3 is 2.75 bits per heavy atom. The Bertz CT molecular complexity index is 661. The van der Waals surface area contributed by atoms with E-state index in [0.29, 0.717) is 13.1 Å². The van der Waals surface area contributed by atoms with E-state index >= 15 is 0 Å². The van der Waals surface area contributed by atoms with Crippen molar-refractivity contribution < 1.29 is 14.3 Å². The number of fused-ring (bicyclic) bond motifs is 1. The molecule has 0 saturated carbocycles. The number of hydrogen-bond donors (Lipinski definition) is 1. The molecule has 1 aromatic rings. The van der Waals surface area contributed by atoms with Crippen LogP contribution in [-0.2, 0) is 9.53 Å². The van der Waals surface area contributed by atoms with Crippen molar-refractivity contribution in [2.45, 2.75) is 45.4 Å². The lowest BCUT2D eigenvalue weighted by Crippen LogP contribution is -2.60. The second-order valence-corrected chi connectivity index (χ2v) is 6.74. The third-order valence-electron chi connectivity index (χ3n) is 5.33. The maximum atomic E-state index is 12.7. The second-order valence-electron chi connectivity index (χ2n) is 6.74. The van der Waals surface area contributed by atoms with Gasteiger partial charge in [-0.05, 0) is 44.4 Å². The first-order valence-corrected chi connectivity index (χ1v) is 8.39. The molecule has 24 heavy (non-hydrogen) atoms. The number of rotatable bonds is 2. The molecule has 6 nitrogen and oxygen atoms in total. The van der Waals surface area contributed by atoms with Crippen LogP contribution in [0.4, 0.5) is 10.5 Å². The van der Waals surface area contributed by atoms with Gasteiger partial charge < -0.3 is 19.9 Å². The molecule has 2 saturated heterocycles. The maximum absolute atomic E-state index is 12.7. The molecule has 3 amide bonds. The Morgan fingerprint density at radius 2 is 2.04 bits per heavy atom. The van der Waals surface area contributed by atoms with Crippen molar-refractivity contribution in [3.63, 3.8) is 0 Å². The van der Waals surface area contributed by atoms with Crippen LogP contribution in [0.5, 0.6) is 0 Å². The molecule has 2 aliphatic heterocycles. The number of benzene rings is 1. The molecule has 0 bridgehead atoms. The fourth-order valence-electron chi connectivity index (χ4n) is 3.58. The summed E-state index contributed by atoms with van der Waals surface area (Å²) < 4.78 is 5.39. The van der Waals surface area contributed by atoms with Gasteiger partial charge in [0.15, 0.2) is 0 Å². The second kappa shape index (κ2) is 6.43. The summed E-state index contributed by atoms with van der Waals surface area (Å²) in [6.45, 7) is 6.96. The molecule has 1 aromatic carbocycles. The van der Waals surface area contributed by atoms with Gasteiger partial charge in [0.2, 0.25) is 5.91 Å². The normalized spacial score (nSPS) is 26.5. The number of piperazine rings is 1. The van der Waals surface area contributed by atoms with Crippen molar-refractivity contribution in [1.82, 2.24) is 9.80 Å². The highest BCUT2D eigenvalue weighted by molar-refractivity contribution is 5.95. The van der Waals surface area contributed by atoms with Crippen LogP contribution in [0.3, 0.4) is 0 Å². The maximum Gasteiger partial charge on any atom is 0.322 e. The lowest BCUT2D eigenvalue weighted by molar-refractivity contribution is -0.141. The van der Waals surface area contributed by atoms with E-state index in [1.807, 2.05) is 36.9 Å². The number of methoxy groups -OCH3 is 1. The zero-order valence-corrected chi connectivity index (χ0v) is 14.7. The number of amides is 3. The van der Waals surface area contributed by atoms with Crippen molar-refractivity contribution in [2.75, 3.05) is 25.5 Å². The third-order valence-corrected chi connectivity index (χ3v) is 5.33. The SMILES string of the molecule is CO[C@H]1C[C@H]2CN(C(=O)Nc3cccc(C)c3C)[C@@H](C)C(=O)N2C1. The predicted octanol–water partition coefficient (Wildman–Crippen LogP) is 2.16. The lowest BCUT2D eigenvalue weighted by Gasteiger charge is -2.41. The molecule has 0 spiro atoms. The van der Waals surface area contributed by atoms with Crippen molar-refractivity contribution >= 4 is 17.6 Å². The molecule has 1 N–H and O–H groups in total. The van der Waals surface area contributed by atoms with Crippen LogP contribution >= 0.6 is 0 Å². The van der Waals surface area contributed by atoms with Gasteiger partial charge in [0.1, 0.15) is 6.04 Å². The van der Waals surface area contributed by atoms with Crippen molar-refractivity contribution in [1.29, 1.82) is 0 Å². The minimum absolute atomic E-state index is 0.00177. The van der Waals surface area contributed by atoms with E-state index < -0.39 is 6.04 Å². The number of urea groups is 1. The number of ether oxygens (including phenoxy) is 1. The number of hydrogen-bond acceptors (Lipinski definition) is 3. The molecule has 3 atom stereocenters. The molecule has 0 radical (unpaired) electrons. The molecule has 2 fully saturated rings. The average Bonchev–Trinajstić information content (AvgIpc) is 2.98. The Kier molecular flexibility index (Phi) is 4.49. The van der Waals surface area contributed by atoms with Crippen LogP contribution in [0.1, 0.15) is 24.5 Å². The smallest absolute Gasteiger partial charge is 0.322 e. The largest absolute Gasteiger partial charge is 0.380 e. The number of carbonyl (C=O) groups is 2. The topological polar surface area (TPSA) is 61.9 Å². The van der Waals surface area contributed by atoms with Gasteiger partial charge >= 0.3 is 6.03 Å². The van der Waals surface area contributed by atoms with Crippen LogP contribution in [0.15, 0.2) is 18.2 Å². The molecular weight excluding hydrogens is 306 g/mol. The molecule has 2 aliphatic rings. The van der Waals surface area contributed by atoms with Crippen LogP contribution in [0.25, 0.3) is 0 Å². The standard InChI is InChI=1S/C18H25N3O3/c1-11-6-5-7-16(12(11)2)19-18(23)20-9-14-8-15(24-4)10-21(14)17(22)13(20)3/h5-7,13-15H,8-10H2,1-4H3,(H,19,23)/t13-,14-,15-/m0/s1. The summed E-state index contributed by atoms with van der Waals surface area (Å²) in [5.41, 5.74) is 2.97. The van der Waals surface area contributed by atoms with Crippen LogP contribution in [0.2, 0.25) is 0 Å². The van der Waals surface area contributed by atoms with Crippen molar-refractivity contribution in [3.05, 3.63) is 29.3 Å². The number of carbonyl (C=O) groups excluding carboxylic acids is 2. The van der Waals surface area contributed by atoms with Gasteiger partial charge in [0.05, 0.1) is 12.1 Å². The molecule has 130 valence electrons. The first-order valence-electron chi connectivity index (χ1n) is 8.39. The monoisotopic (exact) mass is 331 g/mol. The fraction of sp³-hybridized carbons (Fsp3) is 0.556. The summed E-state index contributed by atoms with van der Waals surface area (Å²) in [6.07, 6.45) is 0.843. The molecule has 3 rings (SSSR count). The van der Waals surface area contributed by atoms with Gasteiger partial charge in [-0.2, -0.15) is 0 Å². The van der Waals surface area contributed by atoms with E-state index in [0.717, 1.165) is 23.2 Å². The van der Waals surface area contributed by atoms with Crippen LogP contribution in [-0.4, -0.2) is 60.1 Å². The van der Waals surface area contributed by atoms with E-state index in [4.69, 9.17) is 4.74 Å². The predicted molar refractivity (Wildman–Crippen MR) is 92.0 cm³/mol. The Morgan fingerprint density at radius 1 is 1.29 bits per heavy atom. The number of nitrogens with zero attached hydrogens (tertiary/aromatic N) is 2. The van der Waals surface area contributed by atoms with Gasteiger partial charge in [0, 0.05) is 25.9 Å². The summed E-state index contributed by atoms with van der Waals surface area (Å²) in [5, 5.41) is 2.96. The molecule has 0 aliphatic carbocycles. The highest BCUT2D eigenvalue weighted by atomic mass is 16.5. The lowest BCUT2D eigenvalue weighted by atomic mass is 10.1. The summed E-state index contributed by atoms with van der Waals surface area (Å²) in [7, 11) is 1.67. The Hall–Kier alpha value is -2.08.